The van der Waals surface area contributed by atoms with Crippen LogP contribution < -0.4 is 10.3 Å². The molecule has 158 valence electrons. The molecule has 1 N–H and O–H groups in total. The van der Waals surface area contributed by atoms with Crippen molar-refractivity contribution in [2.24, 2.45) is 0 Å². The number of aromatic nitrogens is 2. The van der Waals surface area contributed by atoms with Crippen LogP contribution in [0.5, 0.6) is 5.75 Å². The van der Waals surface area contributed by atoms with Gasteiger partial charge in [-0.2, -0.15) is 0 Å². The van der Waals surface area contributed by atoms with Crippen LogP contribution in [0.4, 0.5) is 0 Å². The molecule has 0 atom stereocenters. The van der Waals surface area contributed by atoms with Crippen molar-refractivity contribution in [3.05, 3.63) is 74.9 Å². The van der Waals surface area contributed by atoms with Crippen molar-refractivity contribution in [2.75, 3.05) is 12.4 Å². The molecule has 5 rings (SSSR count). The van der Waals surface area contributed by atoms with E-state index in [1.807, 2.05) is 31.2 Å². The molecule has 0 fully saturated rings. The first-order chi connectivity index (χ1) is 15.2. The summed E-state index contributed by atoms with van der Waals surface area (Å²) in [7, 11) is 0. The number of H-pyrrole nitrogens is 1. The fourth-order valence-corrected chi connectivity index (χ4v) is 5.80. The fourth-order valence-electron chi connectivity index (χ4n) is 4.11. The molecule has 2 heterocycles. The average molecular weight is 449 g/mol. The number of fused-ring (bicyclic) bond motifs is 2. The van der Waals surface area contributed by atoms with Gasteiger partial charge in [0.05, 0.1) is 12.0 Å². The number of aryl methyl sites for hydroxylation is 3. The highest BCUT2D eigenvalue weighted by Crippen LogP contribution is 2.34. The number of hydrogen-bond acceptors (Lipinski definition) is 5. The summed E-state index contributed by atoms with van der Waals surface area (Å²) >= 11 is 3.05. The summed E-state index contributed by atoms with van der Waals surface area (Å²) < 4.78 is 5.80. The van der Waals surface area contributed by atoms with E-state index in [0.29, 0.717) is 22.9 Å². The van der Waals surface area contributed by atoms with Crippen molar-refractivity contribution in [1.82, 2.24) is 9.97 Å². The topological polar surface area (TPSA) is 55.0 Å². The Morgan fingerprint density at radius 2 is 2.00 bits per heavy atom. The van der Waals surface area contributed by atoms with Crippen LogP contribution in [0.15, 0.2) is 57.8 Å². The minimum atomic E-state index is -0.0685. The number of hydrogen-bond donors (Lipinski definition) is 1. The van der Waals surface area contributed by atoms with Gasteiger partial charge in [0, 0.05) is 16.7 Å². The zero-order chi connectivity index (χ0) is 21.2. The molecule has 4 aromatic rings. The van der Waals surface area contributed by atoms with Gasteiger partial charge in [-0.1, -0.05) is 42.1 Å². The number of aromatic amines is 1. The highest BCUT2D eigenvalue weighted by Gasteiger charge is 2.16. The molecule has 6 heteroatoms. The molecule has 0 saturated carbocycles. The second-order valence-electron chi connectivity index (χ2n) is 7.90. The van der Waals surface area contributed by atoms with Gasteiger partial charge < -0.3 is 9.72 Å². The Bertz CT molecular complexity index is 1290. The number of nitrogens with zero attached hydrogens (tertiary/aromatic N) is 1. The zero-order valence-electron chi connectivity index (χ0n) is 17.4. The number of benzene rings is 2. The van der Waals surface area contributed by atoms with Crippen molar-refractivity contribution in [3.8, 4) is 16.9 Å². The molecule has 0 unspecified atom stereocenters. The van der Waals surface area contributed by atoms with Crippen LogP contribution in [0, 0.1) is 6.92 Å². The Morgan fingerprint density at radius 1 is 1.13 bits per heavy atom. The van der Waals surface area contributed by atoms with Crippen LogP contribution >= 0.6 is 23.1 Å². The molecule has 0 radical (unpaired) electrons. The normalized spacial score (nSPS) is 13.3. The van der Waals surface area contributed by atoms with Gasteiger partial charge in [0.25, 0.3) is 5.56 Å². The first-order valence-electron chi connectivity index (χ1n) is 10.6. The summed E-state index contributed by atoms with van der Waals surface area (Å²) in [5.74, 6) is 1.58. The number of nitrogens with one attached hydrogen (secondary N) is 1. The molecule has 1 aliphatic rings. The molecule has 31 heavy (non-hydrogen) atoms. The van der Waals surface area contributed by atoms with E-state index >= 15 is 0 Å². The summed E-state index contributed by atoms with van der Waals surface area (Å²) in [6.45, 7) is 2.60. The maximum atomic E-state index is 12.9. The van der Waals surface area contributed by atoms with Crippen LogP contribution in [-0.4, -0.2) is 22.3 Å². The van der Waals surface area contributed by atoms with Crippen LogP contribution in [0.2, 0.25) is 0 Å². The maximum Gasteiger partial charge on any atom is 0.260 e. The smallest absolute Gasteiger partial charge is 0.260 e. The number of thiophene rings is 1. The Balaban J connectivity index is 1.32. The van der Waals surface area contributed by atoms with Crippen molar-refractivity contribution in [1.29, 1.82) is 0 Å². The monoisotopic (exact) mass is 448 g/mol. The van der Waals surface area contributed by atoms with Gasteiger partial charge in [-0.25, -0.2) is 4.98 Å². The molecule has 0 aliphatic heterocycles. The van der Waals surface area contributed by atoms with E-state index < -0.39 is 0 Å². The van der Waals surface area contributed by atoms with Gasteiger partial charge in [0.1, 0.15) is 10.6 Å². The third-order valence-electron chi connectivity index (χ3n) is 5.66. The summed E-state index contributed by atoms with van der Waals surface area (Å²) in [4.78, 5) is 21.4. The second-order valence-corrected chi connectivity index (χ2v) is 9.85. The lowest BCUT2D eigenvalue weighted by atomic mass is 9.89. The summed E-state index contributed by atoms with van der Waals surface area (Å²) in [5.41, 5.74) is 6.09. The van der Waals surface area contributed by atoms with Gasteiger partial charge in [0.15, 0.2) is 5.16 Å². The highest BCUT2D eigenvalue weighted by molar-refractivity contribution is 7.99. The Kier molecular flexibility index (Phi) is 5.83. The Hall–Kier alpha value is -2.57. The van der Waals surface area contributed by atoms with Gasteiger partial charge in [-0.15, -0.1) is 11.3 Å². The van der Waals surface area contributed by atoms with E-state index in [-0.39, 0.29) is 5.56 Å². The number of thioether (sulfide) groups is 1. The van der Waals surface area contributed by atoms with E-state index in [0.717, 1.165) is 34.5 Å². The first-order valence-corrected chi connectivity index (χ1v) is 12.5. The van der Waals surface area contributed by atoms with Crippen LogP contribution in [0.1, 0.15) is 29.5 Å². The van der Waals surface area contributed by atoms with E-state index in [9.17, 15) is 4.79 Å². The predicted octanol–water partition coefficient (Wildman–Crippen LogP) is 6.01. The largest absolute Gasteiger partial charge is 0.493 e. The molecule has 2 aromatic carbocycles. The van der Waals surface area contributed by atoms with E-state index in [1.54, 1.807) is 0 Å². The molecule has 0 saturated heterocycles. The minimum Gasteiger partial charge on any atom is -0.493 e. The molecule has 2 aromatic heterocycles. The highest BCUT2D eigenvalue weighted by atomic mass is 32.2. The van der Waals surface area contributed by atoms with Crippen LogP contribution in [-0.2, 0) is 12.8 Å². The minimum absolute atomic E-state index is 0.0685. The van der Waals surface area contributed by atoms with Gasteiger partial charge in [0.2, 0.25) is 0 Å². The molecular weight excluding hydrogens is 424 g/mol. The molecule has 0 bridgehead atoms. The Morgan fingerprint density at radius 3 is 2.87 bits per heavy atom. The van der Waals surface area contributed by atoms with Crippen molar-refractivity contribution in [3.63, 3.8) is 0 Å². The Labute approximate surface area is 189 Å². The lowest BCUT2D eigenvalue weighted by molar-refractivity contribution is 0.343. The van der Waals surface area contributed by atoms with E-state index in [1.165, 1.54) is 52.6 Å². The molecule has 4 nitrogen and oxygen atoms in total. The van der Waals surface area contributed by atoms with Crippen LogP contribution in [0.25, 0.3) is 21.3 Å². The summed E-state index contributed by atoms with van der Waals surface area (Å²) in [6, 6.07) is 14.7. The SMILES string of the molecule is Cc1cccc(OCCSc2nc3scc(-c4ccc5c(c4)CCCC5)c3c(=O)[nH]2)c1. The first kappa shape index (κ1) is 20.3. The quantitative estimate of drug-likeness (QED) is 0.223. The molecular formula is C25H24N2O2S2. The van der Waals surface area contributed by atoms with Crippen LogP contribution in [0.3, 0.4) is 0 Å². The third-order valence-corrected chi connectivity index (χ3v) is 7.37. The summed E-state index contributed by atoms with van der Waals surface area (Å²) in [5, 5.41) is 3.40. The zero-order valence-corrected chi connectivity index (χ0v) is 19.1. The fraction of sp³-hybridized carbons (Fsp3) is 0.280. The lowest BCUT2D eigenvalue weighted by Crippen LogP contribution is -2.10. The molecule has 0 amide bonds. The van der Waals surface area contributed by atoms with Crippen molar-refractivity contribution < 1.29 is 4.74 Å². The number of rotatable bonds is 6. The summed E-state index contributed by atoms with van der Waals surface area (Å²) in [6.07, 6.45) is 4.81. The third kappa shape index (κ3) is 4.41. The van der Waals surface area contributed by atoms with Gasteiger partial charge >= 0.3 is 0 Å². The lowest BCUT2D eigenvalue weighted by Gasteiger charge is -2.16. The predicted molar refractivity (Wildman–Crippen MR) is 130 cm³/mol. The molecule has 1 aliphatic carbocycles. The molecule has 0 spiro atoms. The standard InChI is InChI=1S/C25H24N2O2S2/c1-16-5-4-8-20(13-16)29-11-12-30-25-26-23(28)22-21(15-31-24(22)27-25)19-10-9-17-6-2-3-7-18(17)14-19/h4-5,8-10,13-15H,2-3,6-7,11-12H2,1H3,(H,26,27,28). The maximum absolute atomic E-state index is 12.9. The van der Waals surface area contributed by atoms with E-state index in [4.69, 9.17) is 9.72 Å². The van der Waals surface area contributed by atoms with E-state index in [2.05, 4.69) is 28.6 Å². The van der Waals surface area contributed by atoms with Crippen molar-refractivity contribution >= 4 is 33.3 Å². The number of ether oxygens (including phenoxy) is 1. The van der Waals surface area contributed by atoms with Gasteiger partial charge in [-0.3, -0.25) is 4.79 Å². The van der Waals surface area contributed by atoms with Gasteiger partial charge in [-0.05, 0) is 67.0 Å². The van der Waals surface area contributed by atoms with Crippen molar-refractivity contribution in [2.45, 2.75) is 37.8 Å². The second kappa shape index (κ2) is 8.89. The average Bonchev–Trinajstić information content (AvgIpc) is 3.21.